The average molecular weight is 405 g/mol. The molecule has 4 aromatic rings. The molecule has 0 atom stereocenters. The van der Waals surface area contributed by atoms with Gasteiger partial charge in [-0.25, -0.2) is 9.97 Å². The van der Waals surface area contributed by atoms with Crippen molar-refractivity contribution in [2.75, 3.05) is 5.32 Å². The van der Waals surface area contributed by atoms with Crippen LogP contribution >= 0.6 is 11.6 Å². The van der Waals surface area contributed by atoms with Crippen molar-refractivity contribution < 1.29 is 9.72 Å². The van der Waals surface area contributed by atoms with Crippen molar-refractivity contribution in [1.82, 2.24) is 9.97 Å². The minimum Gasteiger partial charge on any atom is -0.307 e. The van der Waals surface area contributed by atoms with E-state index < -0.39 is 4.92 Å². The Bertz CT molecular complexity index is 1230. The first kappa shape index (κ1) is 18.5. The minimum atomic E-state index is -0.548. The SMILES string of the molecule is O=C(Nc1ccc([N+](=O)[O-])cn1)c1cc(-c2ccc(Cl)cc2)nc2ccccc12. The smallest absolute Gasteiger partial charge is 0.287 e. The summed E-state index contributed by atoms with van der Waals surface area (Å²) in [6.07, 6.45) is 1.10. The molecule has 2 aromatic heterocycles. The highest BCUT2D eigenvalue weighted by molar-refractivity contribution is 6.30. The summed E-state index contributed by atoms with van der Waals surface area (Å²) in [6.45, 7) is 0. The van der Waals surface area contributed by atoms with Crippen LogP contribution in [0.3, 0.4) is 0 Å². The molecule has 8 heteroatoms. The monoisotopic (exact) mass is 404 g/mol. The summed E-state index contributed by atoms with van der Waals surface area (Å²) < 4.78 is 0. The topological polar surface area (TPSA) is 98.0 Å². The molecule has 4 rings (SSSR count). The lowest BCUT2D eigenvalue weighted by atomic mass is 10.0. The van der Waals surface area contributed by atoms with Crippen molar-refractivity contribution in [1.29, 1.82) is 0 Å². The minimum absolute atomic E-state index is 0.151. The molecular weight excluding hydrogens is 392 g/mol. The lowest BCUT2D eigenvalue weighted by Crippen LogP contribution is -2.14. The number of benzene rings is 2. The molecule has 0 bridgehead atoms. The number of halogens is 1. The molecule has 1 N–H and O–H groups in total. The molecule has 7 nitrogen and oxygen atoms in total. The van der Waals surface area contributed by atoms with Gasteiger partial charge in [0.15, 0.2) is 0 Å². The summed E-state index contributed by atoms with van der Waals surface area (Å²) in [6, 6.07) is 18.9. The number of nitro groups is 1. The molecule has 0 aliphatic rings. The molecule has 1 amide bonds. The highest BCUT2D eigenvalue weighted by Crippen LogP contribution is 2.26. The van der Waals surface area contributed by atoms with E-state index in [4.69, 9.17) is 11.6 Å². The molecular formula is C21H13ClN4O3. The zero-order valence-corrected chi connectivity index (χ0v) is 15.6. The molecule has 2 heterocycles. The Hall–Kier alpha value is -3.84. The summed E-state index contributed by atoms with van der Waals surface area (Å²) in [4.78, 5) is 31.7. The number of nitrogens with one attached hydrogen (secondary N) is 1. The molecule has 142 valence electrons. The lowest BCUT2D eigenvalue weighted by Gasteiger charge is -2.10. The maximum Gasteiger partial charge on any atom is 0.287 e. The third-order valence-corrected chi connectivity index (χ3v) is 4.55. The second-order valence-electron chi connectivity index (χ2n) is 6.19. The van der Waals surface area contributed by atoms with Crippen LogP contribution in [0.5, 0.6) is 0 Å². The van der Waals surface area contributed by atoms with Gasteiger partial charge in [-0.3, -0.25) is 14.9 Å². The maximum absolute atomic E-state index is 13.0. The van der Waals surface area contributed by atoms with E-state index in [1.807, 2.05) is 36.4 Å². The maximum atomic E-state index is 13.0. The Labute approximate surface area is 170 Å². The number of carbonyl (C=O) groups excluding carboxylic acids is 1. The average Bonchev–Trinajstić information content (AvgIpc) is 2.74. The lowest BCUT2D eigenvalue weighted by molar-refractivity contribution is -0.385. The number of anilines is 1. The van der Waals surface area contributed by atoms with Crippen LogP contribution in [-0.4, -0.2) is 20.8 Å². The van der Waals surface area contributed by atoms with E-state index in [0.29, 0.717) is 27.2 Å². The van der Waals surface area contributed by atoms with Gasteiger partial charge in [-0.15, -0.1) is 0 Å². The summed E-state index contributed by atoms with van der Waals surface area (Å²) in [5, 5.41) is 14.7. The number of fused-ring (bicyclic) bond motifs is 1. The van der Waals surface area contributed by atoms with E-state index in [-0.39, 0.29) is 17.4 Å². The number of nitrogens with zero attached hydrogens (tertiary/aromatic N) is 3. The van der Waals surface area contributed by atoms with Crippen LogP contribution in [0.25, 0.3) is 22.2 Å². The molecule has 0 saturated heterocycles. The Kier molecular flexibility index (Phi) is 4.88. The van der Waals surface area contributed by atoms with E-state index in [2.05, 4.69) is 15.3 Å². The number of hydrogen-bond donors (Lipinski definition) is 1. The fourth-order valence-corrected chi connectivity index (χ4v) is 3.01. The largest absolute Gasteiger partial charge is 0.307 e. The van der Waals surface area contributed by atoms with E-state index in [1.54, 1.807) is 18.2 Å². The van der Waals surface area contributed by atoms with E-state index in [9.17, 15) is 14.9 Å². The van der Waals surface area contributed by atoms with Crippen molar-refractivity contribution in [2.45, 2.75) is 0 Å². The number of hydrogen-bond acceptors (Lipinski definition) is 5. The van der Waals surface area contributed by atoms with Gasteiger partial charge in [-0.1, -0.05) is 41.9 Å². The van der Waals surface area contributed by atoms with Crippen molar-refractivity contribution in [2.24, 2.45) is 0 Å². The summed E-state index contributed by atoms with van der Waals surface area (Å²) >= 11 is 5.96. The second-order valence-corrected chi connectivity index (χ2v) is 6.63. The van der Waals surface area contributed by atoms with Crippen molar-refractivity contribution in [3.05, 3.63) is 93.6 Å². The van der Waals surface area contributed by atoms with Crippen LogP contribution in [0.1, 0.15) is 10.4 Å². The number of para-hydroxylation sites is 1. The molecule has 0 unspecified atom stereocenters. The molecule has 0 spiro atoms. The number of pyridine rings is 2. The van der Waals surface area contributed by atoms with Gasteiger partial charge >= 0.3 is 0 Å². The van der Waals surface area contributed by atoms with Crippen LogP contribution in [0.4, 0.5) is 11.5 Å². The Morgan fingerprint density at radius 3 is 2.48 bits per heavy atom. The number of rotatable bonds is 4. The molecule has 0 aliphatic heterocycles. The zero-order chi connectivity index (χ0) is 20.4. The van der Waals surface area contributed by atoms with Gasteiger partial charge in [0.1, 0.15) is 12.0 Å². The predicted molar refractivity (Wildman–Crippen MR) is 111 cm³/mol. The first-order valence-electron chi connectivity index (χ1n) is 8.59. The molecule has 2 aromatic carbocycles. The van der Waals surface area contributed by atoms with Gasteiger partial charge < -0.3 is 5.32 Å². The molecule has 0 radical (unpaired) electrons. The zero-order valence-electron chi connectivity index (χ0n) is 14.9. The third-order valence-electron chi connectivity index (χ3n) is 4.30. The quantitative estimate of drug-likeness (QED) is 0.376. The van der Waals surface area contributed by atoms with Crippen molar-refractivity contribution in [3.63, 3.8) is 0 Å². The molecule has 29 heavy (non-hydrogen) atoms. The number of amides is 1. The van der Waals surface area contributed by atoms with Crippen molar-refractivity contribution >= 4 is 39.9 Å². The van der Waals surface area contributed by atoms with E-state index >= 15 is 0 Å². The van der Waals surface area contributed by atoms with Gasteiger partial charge in [-0.05, 0) is 30.3 Å². The fourth-order valence-electron chi connectivity index (χ4n) is 2.88. The highest BCUT2D eigenvalue weighted by atomic mass is 35.5. The van der Waals surface area contributed by atoms with Gasteiger partial charge in [-0.2, -0.15) is 0 Å². The van der Waals surface area contributed by atoms with Crippen LogP contribution < -0.4 is 5.32 Å². The summed E-state index contributed by atoms with van der Waals surface area (Å²) in [5.41, 5.74) is 2.38. The number of aromatic nitrogens is 2. The van der Waals surface area contributed by atoms with Crippen molar-refractivity contribution in [3.8, 4) is 11.3 Å². The third kappa shape index (κ3) is 3.90. The summed E-state index contributed by atoms with van der Waals surface area (Å²) in [7, 11) is 0. The van der Waals surface area contributed by atoms with Gasteiger partial charge in [0.05, 0.1) is 21.7 Å². The molecule has 0 saturated carbocycles. The Morgan fingerprint density at radius 1 is 1.03 bits per heavy atom. The Morgan fingerprint density at radius 2 is 1.79 bits per heavy atom. The van der Waals surface area contributed by atoms with E-state index in [1.165, 1.54) is 12.1 Å². The number of carbonyl (C=O) groups is 1. The molecule has 0 fully saturated rings. The molecule has 0 aliphatic carbocycles. The normalized spacial score (nSPS) is 10.7. The highest BCUT2D eigenvalue weighted by Gasteiger charge is 2.15. The summed E-state index contributed by atoms with van der Waals surface area (Å²) in [5.74, 6) is -0.172. The van der Waals surface area contributed by atoms with Gasteiger partial charge in [0, 0.05) is 22.0 Å². The predicted octanol–water partition coefficient (Wildman–Crippen LogP) is 5.11. The second kappa shape index (κ2) is 7.65. The standard InChI is InChI=1S/C21H13ClN4O3/c22-14-7-5-13(6-8-14)19-11-17(16-3-1-2-4-18(16)24-19)21(27)25-20-10-9-15(12-23-20)26(28)29/h1-12H,(H,23,25,27). The first-order valence-corrected chi connectivity index (χ1v) is 8.96. The van der Waals surface area contributed by atoms with Crippen LogP contribution in [0, 0.1) is 10.1 Å². The Balaban J connectivity index is 1.74. The van der Waals surface area contributed by atoms with Crippen LogP contribution in [-0.2, 0) is 0 Å². The van der Waals surface area contributed by atoms with Crippen LogP contribution in [0.15, 0.2) is 72.9 Å². The van der Waals surface area contributed by atoms with Crippen LogP contribution in [0.2, 0.25) is 5.02 Å². The van der Waals surface area contributed by atoms with E-state index in [0.717, 1.165) is 11.8 Å². The van der Waals surface area contributed by atoms with Gasteiger partial charge in [0.2, 0.25) is 0 Å². The van der Waals surface area contributed by atoms with Gasteiger partial charge in [0.25, 0.3) is 11.6 Å². The first-order chi connectivity index (χ1) is 14.0. The fraction of sp³-hybridized carbons (Fsp3) is 0.